The number of nitrogens with zero attached hydrogens (tertiary/aromatic N) is 2. The summed E-state index contributed by atoms with van der Waals surface area (Å²) >= 11 is 6.11. The van der Waals surface area contributed by atoms with E-state index in [2.05, 4.69) is 20.6 Å². The van der Waals surface area contributed by atoms with Gasteiger partial charge in [0.15, 0.2) is 11.6 Å². The maximum Gasteiger partial charge on any atom is 0.229 e. The molecule has 0 aliphatic rings. The first-order chi connectivity index (χ1) is 12.5. The zero-order valence-corrected chi connectivity index (χ0v) is 14.7. The quantitative estimate of drug-likeness (QED) is 0.640. The first kappa shape index (κ1) is 17.9. The van der Waals surface area contributed by atoms with E-state index in [0.717, 1.165) is 17.7 Å². The topological polar surface area (TPSA) is 59.1 Å². The highest BCUT2D eigenvalue weighted by atomic mass is 35.5. The highest BCUT2D eigenvalue weighted by Crippen LogP contribution is 2.32. The SMILES string of the molecule is COc1cc(Cl)c(C)cc1Nc1ccnc(Nc2ccc(F)c(F)c2)n1. The molecule has 26 heavy (non-hydrogen) atoms. The molecule has 0 fully saturated rings. The van der Waals surface area contributed by atoms with Gasteiger partial charge in [0.1, 0.15) is 11.6 Å². The summed E-state index contributed by atoms with van der Waals surface area (Å²) in [4.78, 5) is 8.38. The Balaban J connectivity index is 1.83. The van der Waals surface area contributed by atoms with Gasteiger partial charge in [0, 0.05) is 29.0 Å². The van der Waals surface area contributed by atoms with E-state index in [0.29, 0.717) is 28.0 Å². The van der Waals surface area contributed by atoms with Crippen molar-refractivity contribution in [2.24, 2.45) is 0 Å². The lowest BCUT2D eigenvalue weighted by molar-refractivity contribution is 0.416. The number of anilines is 4. The van der Waals surface area contributed by atoms with Crippen molar-refractivity contribution in [3.63, 3.8) is 0 Å². The van der Waals surface area contributed by atoms with Gasteiger partial charge in [-0.05, 0) is 36.8 Å². The maximum absolute atomic E-state index is 13.3. The van der Waals surface area contributed by atoms with E-state index in [1.54, 1.807) is 19.2 Å². The number of hydrogen-bond acceptors (Lipinski definition) is 5. The van der Waals surface area contributed by atoms with Crippen molar-refractivity contribution in [2.45, 2.75) is 6.92 Å². The molecule has 0 amide bonds. The molecule has 3 rings (SSSR count). The average Bonchev–Trinajstić information content (AvgIpc) is 2.61. The van der Waals surface area contributed by atoms with Crippen molar-refractivity contribution in [1.29, 1.82) is 0 Å². The molecular formula is C18H15ClF2N4O. The van der Waals surface area contributed by atoms with Crippen LogP contribution in [0.25, 0.3) is 0 Å². The fourth-order valence-corrected chi connectivity index (χ4v) is 2.41. The number of aromatic nitrogens is 2. The third-order valence-electron chi connectivity index (χ3n) is 3.57. The van der Waals surface area contributed by atoms with E-state index in [1.807, 2.05) is 13.0 Å². The number of nitrogens with one attached hydrogen (secondary N) is 2. The molecule has 0 atom stereocenters. The number of rotatable bonds is 5. The van der Waals surface area contributed by atoms with Gasteiger partial charge in [-0.15, -0.1) is 0 Å². The summed E-state index contributed by atoms with van der Waals surface area (Å²) in [6.07, 6.45) is 1.53. The minimum atomic E-state index is -0.953. The molecule has 134 valence electrons. The number of halogens is 3. The summed E-state index contributed by atoms with van der Waals surface area (Å²) in [5.74, 6) is -0.590. The molecular weight excluding hydrogens is 362 g/mol. The van der Waals surface area contributed by atoms with Gasteiger partial charge in [-0.2, -0.15) is 4.98 Å². The summed E-state index contributed by atoms with van der Waals surface area (Å²) in [6.45, 7) is 1.88. The van der Waals surface area contributed by atoms with Crippen molar-refractivity contribution >= 4 is 34.7 Å². The Bertz CT molecular complexity index is 952. The molecule has 8 heteroatoms. The van der Waals surface area contributed by atoms with Gasteiger partial charge in [0.05, 0.1) is 12.8 Å². The second kappa shape index (κ2) is 7.53. The number of hydrogen-bond donors (Lipinski definition) is 2. The molecule has 0 saturated heterocycles. The van der Waals surface area contributed by atoms with Crippen LogP contribution < -0.4 is 15.4 Å². The van der Waals surface area contributed by atoms with Gasteiger partial charge >= 0.3 is 0 Å². The van der Waals surface area contributed by atoms with E-state index in [4.69, 9.17) is 16.3 Å². The van der Waals surface area contributed by atoms with Crippen LogP contribution in [0, 0.1) is 18.6 Å². The van der Waals surface area contributed by atoms with Crippen LogP contribution in [0.4, 0.5) is 31.9 Å². The summed E-state index contributed by atoms with van der Waals surface area (Å²) in [6, 6.07) is 8.67. The minimum Gasteiger partial charge on any atom is -0.495 e. The van der Waals surface area contributed by atoms with E-state index in [9.17, 15) is 8.78 Å². The van der Waals surface area contributed by atoms with Crippen LogP contribution in [0.1, 0.15) is 5.56 Å². The Hall–Kier alpha value is -2.93. The zero-order chi connectivity index (χ0) is 18.7. The monoisotopic (exact) mass is 376 g/mol. The lowest BCUT2D eigenvalue weighted by Gasteiger charge is -2.13. The van der Waals surface area contributed by atoms with Crippen LogP contribution in [-0.2, 0) is 0 Å². The fraction of sp³-hybridized carbons (Fsp3) is 0.111. The second-order valence-electron chi connectivity index (χ2n) is 5.45. The zero-order valence-electron chi connectivity index (χ0n) is 14.0. The molecule has 1 heterocycles. The van der Waals surface area contributed by atoms with E-state index < -0.39 is 11.6 Å². The van der Waals surface area contributed by atoms with Crippen molar-refractivity contribution in [2.75, 3.05) is 17.7 Å². The fourth-order valence-electron chi connectivity index (χ4n) is 2.26. The molecule has 0 saturated carbocycles. The molecule has 0 spiro atoms. The van der Waals surface area contributed by atoms with Gasteiger partial charge in [-0.3, -0.25) is 0 Å². The Kier molecular flexibility index (Phi) is 5.18. The Morgan fingerprint density at radius 2 is 1.85 bits per heavy atom. The number of ether oxygens (including phenoxy) is 1. The van der Waals surface area contributed by atoms with Gasteiger partial charge in [0.25, 0.3) is 0 Å². The van der Waals surface area contributed by atoms with Crippen molar-refractivity contribution in [3.8, 4) is 5.75 Å². The Morgan fingerprint density at radius 3 is 2.58 bits per heavy atom. The molecule has 0 unspecified atom stereocenters. The molecule has 1 aromatic heterocycles. The molecule has 0 aliphatic heterocycles. The lowest BCUT2D eigenvalue weighted by atomic mass is 10.2. The van der Waals surface area contributed by atoms with Gasteiger partial charge in [0.2, 0.25) is 5.95 Å². The van der Waals surface area contributed by atoms with Crippen molar-refractivity contribution < 1.29 is 13.5 Å². The third-order valence-corrected chi connectivity index (χ3v) is 3.98. The van der Waals surface area contributed by atoms with E-state index in [-0.39, 0.29) is 5.95 Å². The molecule has 0 bridgehead atoms. The first-order valence-corrected chi connectivity index (χ1v) is 8.00. The Labute approximate surface area is 154 Å². The van der Waals surface area contributed by atoms with Crippen LogP contribution in [-0.4, -0.2) is 17.1 Å². The number of methoxy groups -OCH3 is 1. The first-order valence-electron chi connectivity index (χ1n) is 7.62. The molecule has 2 aromatic carbocycles. The summed E-state index contributed by atoms with van der Waals surface area (Å²) in [5.41, 5.74) is 1.90. The number of aryl methyl sites for hydroxylation is 1. The van der Waals surface area contributed by atoms with Crippen LogP contribution in [0.5, 0.6) is 5.75 Å². The average molecular weight is 377 g/mol. The molecule has 0 radical (unpaired) electrons. The smallest absolute Gasteiger partial charge is 0.229 e. The Morgan fingerprint density at radius 1 is 1.04 bits per heavy atom. The second-order valence-corrected chi connectivity index (χ2v) is 5.85. The summed E-state index contributed by atoms with van der Waals surface area (Å²) < 4.78 is 31.6. The van der Waals surface area contributed by atoms with E-state index >= 15 is 0 Å². The molecule has 2 N–H and O–H groups in total. The standard InChI is InChI=1S/C18H15ClF2N4O/c1-10-7-15(16(26-2)9-12(10)19)24-17-5-6-22-18(25-17)23-11-3-4-13(20)14(21)8-11/h3-9H,1-2H3,(H2,22,23,24,25). The van der Waals surface area contributed by atoms with Crippen LogP contribution >= 0.6 is 11.6 Å². The summed E-state index contributed by atoms with van der Waals surface area (Å²) in [5, 5.41) is 6.55. The normalized spacial score (nSPS) is 10.5. The van der Waals surface area contributed by atoms with Crippen LogP contribution in [0.2, 0.25) is 5.02 Å². The van der Waals surface area contributed by atoms with Crippen LogP contribution in [0.3, 0.4) is 0 Å². The van der Waals surface area contributed by atoms with Gasteiger partial charge in [-0.25, -0.2) is 13.8 Å². The van der Waals surface area contributed by atoms with E-state index in [1.165, 1.54) is 12.3 Å². The largest absolute Gasteiger partial charge is 0.495 e. The predicted molar refractivity (Wildman–Crippen MR) is 97.7 cm³/mol. The molecule has 3 aromatic rings. The van der Waals surface area contributed by atoms with Gasteiger partial charge in [-0.1, -0.05) is 11.6 Å². The predicted octanol–water partition coefficient (Wildman–Crippen LogP) is 5.21. The highest BCUT2D eigenvalue weighted by Gasteiger charge is 2.09. The van der Waals surface area contributed by atoms with Crippen molar-refractivity contribution in [3.05, 3.63) is 64.8 Å². The van der Waals surface area contributed by atoms with Crippen molar-refractivity contribution in [1.82, 2.24) is 9.97 Å². The molecule has 0 aliphatic carbocycles. The summed E-state index contributed by atoms with van der Waals surface area (Å²) in [7, 11) is 1.54. The molecule has 5 nitrogen and oxygen atoms in total. The number of benzene rings is 2. The highest BCUT2D eigenvalue weighted by molar-refractivity contribution is 6.31. The third kappa shape index (κ3) is 4.00. The lowest BCUT2D eigenvalue weighted by Crippen LogP contribution is -2.02. The van der Waals surface area contributed by atoms with Gasteiger partial charge < -0.3 is 15.4 Å². The van der Waals surface area contributed by atoms with Crippen LogP contribution in [0.15, 0.2) is 42.6 Å². The minimum absolute atomic E-state index is 0.227. The maximum atomic E-state index is 13.3.